The Kier molecular flexibility index (Phi) is 3.55. The van der Waals surface area contributed by atoms with Crippen LogP contribution in [0.25, 0.3) is 11.3 Å². The fourth-order valence-electron chi connectivity index (χ4n) is 1.93. The molecule has 2 rings (SSSR count). The van der Waals surface area contributed by atoms with Crippen LogP contribution in [0, 0.1) is 6.92 Å². The number of rotatable bonds is 4. The second-order valence-corrected chi connectivity index (χ2v) is 4.26. The monoisotopic (exact) mass is 260 g/mol. The average Bonchev–Trinajstić information content (AvgIpc) is 2.74. The lowest BCUT2D eigenvalue weighted by Gasteiger charge is -2.07. The van der Waals surface area contributed by atoms with Crippen molar-refractivity contribution in [1.82, 2.24) is 9.78 Å². The molecule has 0 unspecified atom stereocenters. The molecule has 0 radical (unpaired) electrons. The molecule has 0 saturated heterocycles. The number of aryl methyl sites for hydroxylation is 2. The van der Waals surface area contributed by atoms with Crippen molar-refractivity contribution in [2.45, 2.75) is 13.8 Å². The molecule has 5 heteroatoms. The summed E-state index contributed by atoms with van der Waals surface area (Å²) in [5.41, 5.74) is 2.69. The summed E-state index contributed by atoms with van der Waals surface area (Å²) < 4.78 is 6.84. The summed E-state index contributed by atoms with van der Waals surface area (Å²) in [7, 11) is 1.62. The Morgan fingerprint density at radius 1 is 1.42 bits per heavy atom. The predicted octanol–water partition coefficient (Wildman–Crippen LogP) is 2.49. The summed E-state index contributed by atoms with van der Waals surface area (Å²) in [5, 5.41) is 13.2. The van der Waals surface area contributed by atoms with Crippen LogP contribution in [-0.2, 0) is 7.05 Å². The summed E-state index contributed by atoms with van der Waals surface area (Å²) in [6, 6.07) is 7.27. The van der Waals surface area contributed by atoms with Gasteiger partial charge >= 0.3 is 5.97 Å². The first kappa shape index (κ1) is 13.1. The Labute approximate surface area is 111 Å². The first-order chi connectivity index (χ1) is 9.02. The number of carboxylic acids is 1. The van der Waals surface area contributed by atoms with Gasteiger partial charge in [-0.2, -0.15) is 5.10 Å². The second-order valence-electron chi connectivity index (χ2n) is 4.26. The molecule has 0 atom stereocenters. The van der Waals surface area contributed by atoms with Crippen molar-refractivity contribution in [3.05, 3.63) is 35.5 Å². The fraction of sp³-hybridized carbons (Fsp3) is 0.286. The lowest BCUT2D eigenvalue weighted by atomic mass is 10.1. The fourth-order valence-corrected chi connectivity index (χ4v) is 1.93. The van der Waals surface area contributed by atoms with Crippen LogP contribution in [0.1, 0.15) is 23.0 Å². The van der Waals surface area contributed by atoms with Gasteiger partial charge in [0.2, 0.25) is 0 Å². The minimum atomic E-state index is -0.982. The SMILES string of the molecule is CCOc1ccc(-c2cc(C(=O)O)n(C)n2)cc1C. The highest BCUT2D eigenvalue weighted by atomic mass is 16.5. The number of ether oxygens (including phenoxy) is 1. The standard InChI is InChI=1S/C14H16N2O3/c1-4-19-13-6-5-10(7-9(13)2)11-8-12(14(17)18)16(3)15-11/h5-8H,4H2,1-3H3,(H,17,18). The molecule has 2 aromatic rings. The van der Waals surface area contributed by atoms with Crippen molar-refractivity contribution in [3.63, 3.8) is 0 Å². The molecule has 19 heavy (non-hydrogen) atoms. The van der Waals surface area contributed by atoms with Crippen LogP contribution < -0.4 is 4.74 Å². The van der Waals surface area contributed by atoms with Gasteiger partial charge in [0, 0.05) is 12.6 Å². The van der Waals surface area contributed by atoms with Gasteiger partial charge in [0.25, 0.3) is 0 Å². The van der Waals surface area contributed by atoms with Gasteiger partial charge in [0.05, 0.1) is 12.3 Å². The molecule has 1 aromatic heterocycles. The third kappa shape index (κ3) is 2.59. The van der Waals surface area contributed by atoms with Gasteiger partial charge in [-0.05, 0) is 43.7 Å². The van der Waals surface area contributed by atoms with E-state index in [0.717, 1.165) is 16.9 Å². The highest BCUT2D eigenvalue weighted by Crippen LogP contribution is 2.25. The van der Waals surface area contributed by atoms with E-state index in [4.69, 9.17) is 9.84 Å². The molecule has 0 saturated carbocycles. The van der Waals surface area contributed by atoms with Gasteiger partial charge in [0.1, 0.15) is 11.4 Å². The number of aromatic carboxylic acids is 1. The van der Waals surface area contributed by atoms with E-state index >= 15 is 0 Å². The maximum atomic E-state index is 11.0. The van der Waals surface area contributed by atoms with Gasteiger partial charge in [-0.25, -0.2) is 4.79 Å². The Balaban J connectivity index is 2.39. The van der Waals surface area contributed by atoms with Crippen LogP contribution in [-0.4, -0.2) is 27.5 Å². The summed E-state index contributed by atoms with van der Waals surface area (Å²) >= 11 is 0. The maximum Gasteiger partial charge on any atom is 0.354 e. The highest BCUT2D eigenvalue weighted by molar-refractivity contribution is 5.87. The third-order valence-electron chi connectivity index (χ3n) is 2.87. The van der Waals surface area contributed by atoms with Crippen molar-refractivity contribution in [2.75, 3.05) is 6.61 Å². The van der Waals surface area contributed by atoms with E-state index in [-0.39, 0.29) is 5.69 Å². The molecule has 0 spiro atoms. The van der Waals surface area contributed by atoms with E-state index in [1.807, 2.05) is 32.0 Å². The van der Waals surface area contributed by atoms with Crippen molar-refractivity contribution in [1.29, 1.82) is 0 Å². The zero-order chi connectivity index (χ0) is 14.0. The molecular formula is C14H16N2O3. The van der Waals surface area contributed by atoms with Crippen LogP contribution in [0.3, 0.4) is 0 Å². The average molecular weight is 260 g/mol. The molecular weight excluding hydrogens is 244 g/mol. The number of hydrogen-bond donors (Lipinski definition) is 1. The molecule has 0 aliphatic rings. The molecule has 5 nitrogen and oxygen atoms in total. The van der Waals surface area contributed by atoms with E-state index < -0.39 is 5.97 Å². The van der Waals surface area contributed by atoms with Crippen molar-refractivity contribution in [3.8, 4) is 17.0 Å². The Hall–Kier alpha value is -2.30. The number of carbonyl (C=O) groups is 1. The van der Waals surface area contributed by atoms with Gasteiger partial charge in [-0.1, -0.05) is 0 Å². The van der Waals surface area contributed by atoms with Crippen molar-refractivity contribution in [2.24, 2.45) is 7.05 Å². The Bertz CT molecular complexity index is 617. The van der Waals surface area contributed by atoms with E-state index in [1.54, 1.807) is 13.1 Å². The predicted molar refractivity (Wildman–Crippen MR) is 71.5 cm³/mol. The first-order valence-electron chi connectivity index (χ1n) is 6.04. The summed E-state index contributed by atoms with van der Waals surface area (Å²) in [6.07, 6.45) is 0. The summed E-state index contributed by atoms with van der Waals surface area (Å²) in [4.78, 5) is 11.0. The number of carboxylic acid groups (broad SMARTS) is 1. The minimum absolute atomic E-state index is 0.168. The lowest BCUT2D eigenvalue weighted by Crippen LogP contribution is -2.04. The van der Waals surface area contributed by atoms with E-state index in [2.05, 4.69) is 5.10 Å². The quantitative estimate of drug-likeness (QED) is 0.917. The molecule has 0 amide bonds. The molecule has 1 heterocycles. The summed E-state index contributed by atoms with van der Waals surface area (Å²) in [5.74, 6) is -0.149. The highest BCUT2D eigenvalue weighted by Gasteiger charge is 2.13. The van der Waals surface area contributed by atoms with Gasteiger partial charge < -0.3 is 9.84 Å². The molecule has 0 aliphatic carbocycles. The lowest BCUT2D eigenvalue weighted by molar-refractivity contribution is 0.0685. The molecule has 0 bridgehead atoms. The van der Waals surface area contributed by atoms with Crippen LogP contribution in [0.15, 0.2) is 24.3 Å². The molecule has 0 fully saturated rings. The Morgan fingerprint density at radius 2 is 2.16 bits per heavy atom. The molecule has 1 N–H and O–H groups in total. The molecule has 1 aromatic carbocycles. The Morgan fingerprint density at radius 3 is 2.68 bits per heavy atom. The van der Waals surface area contributed by atoms with Crippen LogP contribution in [0.4, 0.5) is 0 Å². The number of nitrogens with zero attached hydrogens (tertiary/aromatic N) is 2. The first-order valence-corrected chi connectivity index (χ1v) is 6.04. The van der Waals surface area contributed by atoms with Crippen molar-refractivity contribution < 1.29 is 14.6 Å². The smallest absolute Gasteiger partial charge is 0.354 e. The van der Waals surface area contributed by atoms with Gasteiger partial charge in [0.15, 0.2) is 0 Å². The summed E-state index contributed by atoms with van der Waals surface area (Å²) in [6.45, 7) is 4.51. The van der Waals surface area contributed by atoms with Gasteiger partial charge in [-0.3, -0.25) is 4.68 Å². The molecule has 0 aliphatic heterocycles. The van der Waals surface area contributed by atoms with E-state index in [0.29, 0.717) is 12.3 Å². The molecule has 100 valence electrons. The van der Waals surface area contributed by atoms with E-state index in [1.165, 1.54) is 4.68 Å². The number of benzene rings is 1. The zero-order valence-electron chi connectivity index (χ0n) is 11.2. The third-order valence-corrected chi connectivity index (χ3v) is 2.87. The maximum absolute atomic E-state index is 11.0. The topological polar surface area (TPSA) is 64.3 Å². The normalized spacial score (nSPS) is 10.5. The number of hydrogen-bond acceptors (Lipinski definition) is 3. The van der Waals surface area contributed by atoms with Crippen LogP contribution in [0.5, 0.6) is 5.75 Å². The van der Waals surface area contributed by atoms with Gasteiger partial charge in [-0.15, -0.1) is 0 Å². The van der Waals surface area contributed by atoms with Crippen LogP contribution in [0.2, 0.25) is 0 Å². The van der Waals surface area contributed by atoms with Crippen molar-refractivity contribution >= 4 is 5.97 Å². The second kappa shape index (κ2) is 5.14. The van der Waals surface area contributed by atoms with Crippen LogP contribution >= 0.6 is 0 Å². The van der Waals surface area contributed by atoms with E-state index in [9.17, 15) is 4.79 Å². The zero-order valence-corrected chi connectivity index (χ0v) is 11.2. The number of aromatic nitrogens is 2. The largest absolute Gasteiger partial charge is 0.494 e. The minimum Gasteiger partial charge on any atom is -0.494 e.